The van der Waals surface area contributed by atoms with Crippen LogP contribution in [0.5, 0.6) is 0 Å². The summed E-state index contributed by atoms with van der Waals surface area (Å²) < 4.78 is 10.3. The highest BCUT2D eigenvalue weighted by Gasteiger charge is 2.34. The van der Waals surface area contributed by atoms with Crippen molar-refractivity contribution in [2.75, 3.05) is 20.2 Å². The number of likely N-dealkylation sites (tertiary alicyclic amines) is 1. The van der Waals surface area contributed by atoms with Crippen molar-refractivity contribution < 1.29 is 18.7 Å². The monoisotopic (exact) mass is 308 g/mol. The molecular formula is C16H24N2O4. The number of carbonyl (C=O) groups is 2. The summed E-state index contributed by atoms with van der Waals surface area (Å²) in [5.74, 6) is 1.34. The molecule has 1 aromatic heterocycles. The van der Waals surface area contributed by atoms with Crippen molar-refractivity contribution in [1.82, 2.24) is 10.2 Å². The number of hydrogen-bond acceptors (Lipinski definition) is 4. The second-order valence-electron chi connectivity index (χ2n) is 5.96. The molecule has 0 saturated carbocycles. The molecule has 0 bridgehead atoms. The highest BCUT2D eigenvalue weighted by atomic mass is 16.5. The van der Waals surface area contributed by atoms with Crippen LogP contribution in [0.4, 0.5) is 4.79 Å². The smallest absolute Gasteiger partial charge is 0.317 e. The summed E-state index contributed by atoms with van der Waals surface area (Å²) in [4.78, 5) is 25.7. The molecule has 1 fully saturated rings. The van der Waals surface area contributed by atoms with Crippen molar-refractivity contribution in [2.24, 2.45) is 11.8 Å². The van der Waals surface area contributed by atoms with Crippen LogP contribution < -0.4 is 5.32 Å². The molecule has 2 rings (SSSR count). The van der Waals surface area contributed by atoms with Crippen molar-refractivity contribution in [1.29, 1.82) is 0 Å². The summed E-state index contributed by atoms with van der Waals surface area (Å²) in [5.41, 5.74) is 0. The van der Waals surface area contributed by atoms with Crippen molar-refractivity contribution >= 4 is 12.0 Å². The highest BCUT2D eigenvalue weighted by Crippen LogP contribution is 2.25. The molecule has 2 amide bonds. The average Bonchev–Trinajstić information content (AvgIpc) is 2.93. The first-order valence-corrected chi connectivity index (χ1v) is 7.62. The summed E-state index contributed by atoms with van der Waals surface area (Å²) in [7, 11) is 1.40. The first-order chi connectivity index (χ1) is 10.4. The lowest BCUT2D eigenvalue weighted by Gasteiger charge is -2.35. The average molecular weight is 308 g/mol. The molecule has 1 saturated heterocycles. The number of piperidine rings is 1. The molecule has 0 aliphatic carbocycles. The third-order valence-corrected chi connectivity index (χ3v) is 4.22. The third-order valence-electron chi connectivity index (χ3n) is 4.22. The Morgan fingerprint density at radius 2 is 2.18 bits per heavy atom. The zero-order chi connectivity index (χ0) is 16.3. The van der Waals surface area contributed by atoms with Gasteiger partial charge < -0.3 is 19.4 Å². The first-order valence-electron chi connectivity index (χ1n) is 7.62. The molecule has 1 aromatic rings. The number of amides is 2. The largest absolute Gasteiger partial charge is 0.469 e. The van der Waals surface area contributed by atoms with Crippen molar-refractivity contribution in [3.63, 3.8) is 0 Å². The van der Waals surface area contributed by atoms with Crippen LogP contribution in [0.25, 0.3) is 0 Å². The van der Waals surface area contributed by atoms with Gasteiger partial charge in [-0.05, 0) is 38.3 Å². The number of urea groups is 1. The molecule has 6 heteroatoms. The van der Waals surface area contributed by atoms with Crippen molar-refractivity contribution in [3.05, 3.63) is 23.7 Å². The molecule has 6 nitrogen and oxygen atoms in total. The van der Waals surface area contributed by atoms with E-state index in [1.807, 2.05) is 32.9 Å². The molecule has 1 aliphatic heterocycles. The summed E-state index contributed by atoms with van der Waals surface area (Å²) in [6.45, 7) is 6.84. The number of ether oxygens (including phenoxy) is 1. The number of furan rings is 1. The van der Waals surface area contributed by atoms with Crippen LogP contribution in [0.2, 0.25) is 0 Å². The minimum Gasteiger partial charge on any atom is -0.469 e. The summed E-state index contributed by atoms with van der Waals surface area (Å²) in [6, 6.07) is 3.43. The highest BCUT2D eigenvalue weighted by molar-refractivity contribution is 5.76. The topological polar surface area (TPSA) is 71.8 Å². The van der Waals surface area contributed by atoms with Crippen molar-refractivity contribution in [2.45, 2.75) is 33.2 Å². The van der Waals surface area contributed by atoms with E-state index < -0.39 is 0 Å². The fourth-order valence-electron chi connectivity index (χ4n) is 2.87. The van der Waals surface area contributed by atoms with Gasteiger partial charge in [-0.15, -0.1) is 0 Å². The maximum atomic E-state index is 12.3. The van der Waals surface area contributed by atoms with E-state index in [0.717, 1.165) is 11.5 Å². The molecule has 0 radical (unpaired) electrons. The Hall–Kier alpha value is -1.98. The van der Waals surface area contributed by atoms with Gasteiger partial charge in [-0.25, -0.2) is 4.79 Å². The first kappa shape index (κ1) is 16.4. The van der Waals surface area contributed by atoms with Gasteiger partial charge in [0, 0.05) is 13.1 Å². The maximum absolute atomic E-state index is 12.3. The van der Waals surface area contributed by atoms with Gasteiger partial charge in [0.1, 0.15) is 11.5 Å². The van der Waals surface area contributed by atoms with Gasteiger partial charge in [-0.1, -0.05) is 6.92 Å². The van der Waals surface area contributed by atoms with Crippen LogP contribution in [0.15, 0.2) is 16.5 Å². The van der Waals surface area contributed by atoms with Crippen LogP contribution >= 0.6 is 0 Å². The number of hydrogen-bond donors (Lipinski definition) is 1. The third kappa shape index (κ3) is 3.61. The normalized spacial score (nSPS) is 23.0. The molecule has 0 aromatic carbocycles. The zero-order valence-corrected chi connectivity index (χ0v) is 13.6. The molecule has 2 heterocycles. The SMILES string of the molecule is COC(=O)[C@@H]1CCN(C(=O)N[C@H](C)c2ccc(C)o2)C[C@H]1C. The van der Waals surface area contributed by atoms with E-state index in [-0.39, 0.29) is 29.9 Å². The fourth-order valence-corrected chi connectivity index (χ4v) is 2.87. The lowest BCUT2D eigenvalue weighted by molar-refractivity contribution is -0.148. The number of nitrogens with one attached hydrogen (secondary N) is 1. The fraction of sp³-hybridized carbons (Fsp3) is 0.625. The van der Waals surface area contributed by atoms with Crippen LogP contribution in [0.3, 0.4) is 0 Å². The number of carbonyl (C=O) groups excluding carboxylic acids is 2. The van der Waals surface area contributed by atoms with Crippen LogP contribution in [-0.2, 0) is 9.53 Å². The second kappa shape index (κ2) is 6.85. The summed E-state index contributed by atoms with van der Waals surface area (Å²) >= 11 is 0. The standard InChI is InChI=1S/C16H24N2O4/c1-10-9-18(8-7-13(10)15(19)21-4)16(20)17-12(3)14-6-5-11(2)22-14/h5-6,10,12-13H,7-9H2,1-4H3,(H,17,20)/t10-,12-,13-/m1/s1. The van der Waals surface area contributed by atoms with Gasteiger partial charge in [0.25, 0.3) is 0 Å². The lowest BCUT2D eigenvalue weighted by Crippen LogP contribution is -2.49. The number of nitrogens with zero attached hydrogens (tertiary/aromatic N) is 1. The Bertz CT molecular complexity index is 540. The Morgan fingerprint density at radius 3 is 2.73 bits per heavy atom. The minimum atomic E-state index is -0.188. The number of esters is 1. The lowest BCUT2D eigenvalue weighted by atomic mass is 9.87. The number of aryl methyl sites for hydroxylation is 1. The predicted molar refractivity (Wildman–Crippen MR) is 81.3 cm³/mol. The Kier molecular flexibility index (Phi) is 5.11. The Balaban J connectivity index is 1.90. The molecule has 0 spiro atoms. The quantitative estimate of drug-likeness (QED) is 0.871. The van der Waals surface area contributed by atoms with E-state index in [1.165, 1.54) is 7.11 Å². The van der Waals surface area contributed by atoms with E-state index in [2.05, 4.69) is 5.32 Å². The van der Waals surface area contributed by atoms with Crippen molar-refractivity contribution in [3.8, 4) is 0 Å². The molecule has 0 unspecified atom stereocenters. The maximum Gasteiger partial charge on any atom is 0.317 e. The van der Waals surface area contributed by atoms with Crippen LogP contribution in [0, 0.1) is 18.8 Å². The molecule has 3 atom stereocenters. The minimum absolute atomic E-state index is 0.0908. The molecule has 1 aliphatic rings. The molecular weight excluding hydrogens is 284 g/mol. The van der Waals surface area contributed by atoms with Gasteiger partial charge >= 0.3 is 12.0 Å². The zero-order valence-electron chi connectivity index (χ0n) is 13.6. The van der Waals surface area contributed by atoms with Gasteiger partial charge in [0.05, 0.1) is 19.1 Å². The van der Waals surface area contributed by atoms with Gasteiger partial charge in [0.15, 0.2) is 0 Å². The van der Waals surface area contributed by atoms with Gasteiger partial charge in [-0.3, -0.25) is 4.79 Å². The molecule has 22 heavy (non-hydrogen) atoms. The number of methoxy groups -OCH3 is 1. The molecule has 122 valence electrons. The van der Waals surface area contributed by atoms with Gasteiger partial charge in [-0.2, -0.15) is 0 Å². The van der Waals surface area contributed by atoms with Crippen LogP contribution in [-0.4, -0.2) is 37.1 Å². The Morgan fingerprint density at radius 1 is 1.45 bits per heavy atom. The number of rotatable bonds is 3. The molecule has 1 N–H and O–H groups in total. The Labute approximate surface area is 130 Å². The van der Waals surface area contributed by atoms with E-state index in [4.69, 9.17) is 9.15 Å². The van der Waals surface area contributed by atoms with E-state index in [9.17, 15) is 9.59 Å². The van der Waals surface area contributed by atoms with Gasteiger partial charge in [0.2, 0.25) is 0 Å². The van der Waals surface area contributed by atoms with E-state index >= 15 is 0 Å². The van der Waals surface area contributed by atoms with E-state index in [1.54, 1.807) is 4.90 Å². The van der Waals surface area contributed by atoms with E-state index in [0.29, 0.717) is 19.5 Å². The summed E-state index contributed by atoms with van der Waals surface area (Å²) in [5, 5.41) is 2.93. The second-order valence-corrected chi connectivity index (χ2v) is 5.96. The predicted octanol–water partition coefficient (Wildman–Crippen LogP) is 2.49. The summed E-state index contributed by atoms with van der Waals surface area (Å²) in [6.07, 6.45) is 0.634. The van der Waals surface area contributed by atoms with Crippen LogP contribution in [0.1, 0.15) is 37.8 Å².